The van der Waals surface area contributed by atoms with Crippen LogP contribution >= 0.6 is 0 Å². The molecule has 0 spiro atoms. The van der Waals surface area contributed by atoms with Crippen molar-refractivity contribution < 1.29 is 13.9 Å². The number of aromatic nitrogens is 3. The van der Waals surface area contributed by atoms with Crippen molar-refractivity contribution in [3.05, 3.63) is 84.5 Å². The van der Waals surface area contributed by atoms with E-state index in [1.807, 2.05) is 61.7 Å². The lowest BCUT2D eigenvalue weighted by Crippen LogP contribution is -2.20. The molecule has 2 aromatic carbocycles. The maximum Gasteiger partial charge on any atom is 0.262 e. The van der Waals surface area contributed by atoms with Crippen LogP contribution in [0.2, 0.25) is 0 Å². The number of carbonyl (C=O) groups is 1. The second-order valence-electron chi connectivity index (χ2n) is 6.45. The van der Waals surface area contributed by atoms with E-state index in [2.05, 4.69) is 15.4 Å². The molecule has 0 radical (unpaired) electrons. The number of hydrogen-bond acceptors (Lipinski definition) is 5. The first kappa shape index (κ1) is 18.5. The number of nitrogens with one attached hydrogen (secondary N) is 1. The molecular weight excluding hydrogens is 368 g/mol. The highest BCUT2D eigenvalue weighted by Gasteiger charge is 2.12. The van der Waals surface area contributed by atoms with Crippen molar-refractivity contribution in [2.45, 2.75) is 13.5 Å². The lowest BCUT2D eigenvalue weighted by molar-refractivity contribution is -0.118. The summed E-state index contributed by atoms with van der Waals surface area (Å²) in [6.07, 6.45) is 3.61. The lowest BCUT2D eigenvalue weighted by atomic mass is 10.2. The van der Waals surface area contributed by atoms with Gasteiger partial charge in [-0.2, -0.15) is 5.10 Å². The molecule has 2 aromatic heterocycles. The Morgan fingerprint density at radius 3 is 2.62 bits per heavy atom. The van der Waals surface area contributed by atoms with Crippen LogP contribution < -0.4 is 10.1 Å². The number of oxazole rings is 1. The number of benzene rings is 2. The van der Waals surface area contributed by atoms with Gasteiger partial charge in [-0.15, -0.1) is 0 Å². The van der Waals surface area contributed by atoms with Crippen molar-refractivity contribution in [2.24, 2.45) is 0 Å². The quantitative estimate of drug-likeness (QED) is 0.519. The number of ether oxygens (including phenoxy) is 1. The zero-order valence-corrected chi connectivity index (χ0v) is 15.9. The van der Waals surface area contributed by atoms with Crippen molar-refractivity contribution in [2.75, 3.05) is 11.9 Å². The molecule has 7 heteroatoms. The van der Waals surface area contributed by atoms with Gasteiger partial charge in [0.15, 0.2) is 6.61 Å². The molecule has 0 atom stereocenters. The van der Waals surface area contributed by atoms with Crippen LogP contribution in [0, 0.1) is 6.92 Å². The highest BCUT2D eigenvalue weighted by molar-refractivity contribution is 5.92. The number of rotatable bonds is 7. The summed E-state index contributed by atoms with van der Waals surface area (Å²) in [5, 5.41) is 7.00. The van der Waals surface area contributed by atoms with E-state index in [0.29, 0.717) is 23.9 Å². The summed E-state index contributed by atoms with van der Waals surface area (Å²) in [7, 11) is 0. The van der Waals surface area contributed by atoms with Crippen LogP contribution in [-0.4, -0.2) is 27.3 Å². The Morgan fingerprint density at radius 2 is 1.90 bits per heavy atom. The molecule has 0 unspecified atom stereocenters. The molecule has 2 heterocycles. The van der Waals surface area contributed by atoms with E-state index in [1.165, 1.54) is 0 Å². The third-order valence-corrected chi connectivity index (χ3v) is 4.29. The Bertz CT molecular complexity index is 1070. The van der Waals surface area contributed by atoms with Gasteiger partial charge in [0.2, 0.25) is 5.89 Å². The summed E-state index contributed by atoms with van der Waals surface area (Å²) in [4.78, 5) is 16.6. The predicted molar refractivity (Wildman–Crippen MR) is 109 cm³/mol. The Labute approximate surface area is 168 Å². The van der Waals surface area contributed by atoms with Crippen LogP contribution in [0.3, 0.4) is 0 Å². The fourth-order valence-corrected chi connectivity index (χ4v) is 2.80. The molecule has 0 aliphatic carbocycles. The summed E-state index contributed by atoms with van der Waals surface area (Å²) >= 11 is 0. The molecule has 4 rings (SSSR count). The standard InChI is InChI=1S/C22H20N4O3/c1-16-20(14-26-13-5-12-23-26)25-22(29-16)17-8-10-18(11-9-17)24-21(27)15-28-19-6-3-2-4-7-19/h2-13H,14-15H2,1H3,(H,24,27). The zero-order chi connectivity index (χ0) is 20.1. The molecule has 1 N–H and O–H groups in total. The van der Waals surface area contributed by atoms with Crippen molar-refractivity contribution in [1.82, 2.24) is 14.8 Å². The average Bonchev–Trinajstić information content (AvgIpc) is 3.38. The van der Waals surface area contributed by atoms with Gasteiger partial charge in [0, 0.05) is 23.6 Å². The van der Waals surface area contributed by atoms with Gasteiger partial charge in [0.1, 0.15) is 17.2 Å². The van der Waals surface area contributed by atoms with Gasteiger partial charge in [-0.1, -0.05) is 18.2 Å². The monoisotopic (exact) mass is 388 g/mol. The maximum absolute atomic E-state index is 12.1. The lowest BCUT2D eigenvalue weighted by Gasteiger charge is -2.07. The van der Waals surface area contributed by atoms with Gasteiger partial charge >= 0.3 is 0 Å². The number of anilines is 1. The smallest absolute Gasteiger partial charge is 0.262 e. The summed E-state index contributed by atoms with van der Waals surface area (Å²) in [5.41, 5.74) is 2.34. The Balaban J connectivity index is 1.37. The highest BCUT2D eigenvalue weighted by atomic mass is 16.5. The first-order valence-corrected chi connectivity index (χ1v) is 9.19. The highest BCUT2D eigenvalue weighted by Crippen LogP contribution is 2.24. The number of nitrogens with zero attached hydrogens (tertiary/aromatic N) is 3. The van der Waals surface area contributed by atoms with E-state index < -0.39 is 0 Å². The van der Waals surface area contributed by atoms with Crippen molar-refractivity contribution in [3.63, 3.8) is 0 Å². The molecule has 1 amide bonds. The van der Waals surface area contributed by atoms with Crippen molar-refractivity contribution in [1.29, 1.82) is 0 Å². The third-order valence-electron chi connectivity index (χ3n) is 4.29. The molecule has 0 bridgehead atoms. The molecule has 0 fully saturated rings. The fraction of sp³-hybridized carbons (Fsp3) is 0.136. The normalized spacial score (nSPS) is 10.7. The van der Waals surface area contributed by atoms with E-state index in [9.17, 15) is 4.79 Å². The Hall–Kier alpha value is -3.87. The molecule has 0 saturated carbocycles. The van der Waals surface area contributed by atoms with Crippen LogP contribution in [0.5, 0.6) is 5.75 Å². The van der Waals surface area contributed by atoms with Crippen molar-refractivity contribution in [3.8, 4) is 17.2 Å². The number of para-hydroxylation sites is 1. The van der Waals surface area contributed by atoms with Crippen LogP contribution in [-0.2, 0) is 11.3 Å². The zero-order valence-electron chi connectivity index (χ0n) is 15.9. The van der Waals surface area contributed by atoms with Crippen LogP contribution in [0.1, 0.15) is 11.5 Å². The van der Waals surface area contributed by atoms with E-state index in [0.717, 1.165) is 17.0 Å². The topological polar surface area (TPSA) is 82.2 Å². The average molecular weight is 388 g/mol. The molecule has 29 heavy (non-hydrogen) atoms. The Kier molecular flexibility index (Phi) is 5.38. The summed E-state index contributed by atoms with van der Waals surface area (Å²) < 4.78 is 13.0. The summed E-state index contributed by atoms with van der Waals surface area (Å²) in [6, 6.07) is 18.4. The fourth-order valence-electron chi connectivity index (χ4n) is 2.80. The van der Waals surface area contributed by atoms with Gasteiger partial charge in [-0.3, -0.25) is 9.48 Å². The van der Waals surface area contributed by atoms with E-state index >= 15 is 0 Å². The minimum atomic E-state index is -0.227. The van der Waals surface area contributed by atoms with Gasteiger partial charge in [-0.25, -0.2) is 4.98 Å². The van der Waals surface area contributed by atoms with E-state index in [1.54, 1.807) is 23.0 Å². The second kappa shape index (κ2) is 8.43. The summed E-state index contributed by atoms with van der Waals surface area (Å²) in [5.74, 6) is 1.72. The number of aryl methyl sites for hydroxylation is 1. The van der Waals surface area contributed by atoms with E-state index in [4.69, 9.17) is 9.15 Å². The number of hydrogen-bond donors (Lipinski definition) is 1. The molecule has 146 valence electrons. The molecule has 7 nitrogen and oxygen atoms in total. The maximum atomic E-state index is 12.1. The molecule has 0 aliphatic rings. The predicted octanol–water partition coefficient (Wildman–Crippen LogP) is 3.91. The van der Waals surface area contributed by atoms with E-state index in [-0.39, 0.29) is 12.5 Å². The first-order chi connectivity index (χ1) is 14.2. The molecular formula is C22H20N4O3. The number of carbonyl (C=O) groups excluding carboxylic acids is 1. The van der Waals surface area contributed by atoms with Crippen LogP contribution in [0.15, 0.2) is 77.5 Å². The molecule has 0 saturated heterocycles. The molecule has 4 aromatic rings. The third kappa shape index (κ3) is 4.70. The number of amides is 1. The van der Waals surface area contributed by atoms with Gasteiger partial charge < -0.3 is 14.5 Å². The second-order valence-corrected chi connectivity index (χ2v) is 6.45. The minimum absolute atomic E-state index is 0.0541. The van der Waals surface area contributed by atoms with Crippen LogP contribution in [0.25, 0.3) is 11.5 Å². The van der Waals surface area contributed by atoms with Gasteiger partial charge in [0.25, 0.3) is 5.91 Å². The summed E-state index contributed by atoms with van der Waals surface area (Å²) in [6.45, 7) is 2.38. The van der Waals surface area contributed by atoms with Gasteiger partial charge in [0.05, 0.1) is 6.54 Å². The van der Waals surface area contributed by atoms with Crippen molar-refractivity contribution >= 4 is 11.6 Å². The first-order valence-electron chi connectivity index (χ1n) is 9.19. The largest absolute Gasteiger partial charge is 0.484 e. The van der Waals surface area contributed by atoms with Gasteiger partial charge in [-0.05, 0) is 49.4 Å². The minimum Gasteiger partial charge on any atom is -0.484 e. The molecule has 0 aliphatic heterocycles. The SMILES string of the molecule is Cc1oc(-c2ccc(NC(=O)COc3ccccc3)cc2)nc1Cn1cccn1. The van der Waals surface area contributed by atoms with Crippen LogP contribution in [0.4, 0.5) is 5.69 Å². The Morgan fingerprint density at radius 1 is 1.10 bits per heavy atom.